The fraction of sp³-hybridized carbons (Fsp3) is 0.500. The van der Waals surface area contributed by atoms with E-state index in [0.717, 1.165) is 0 Å². The van der Waals surface area contributed by atoms with Gasteiger partial charge in [-0.05, 0) is 44.5 Å². The van der Waals surface area contributed by atoms with Crippen LogP contribution < -0.4 is 5.32 Å². The molecule has 1 aromatic carbocycles. The lowest BCUT2D eigenvalue weighted by Crippen LogP contribution is -2.27. The van der Waals surface area contributed by atoms with Crippen LogP contribution in [-0.2, 0) is 15.9 Å². The molecule has 0 bridgehead atoms. The van der Waals surface area contributed by atoms with Crippen LogP contribution in [-0.4, -0.2) is 24.4 Å². The van der Waals surface area contributed by atoms with E-state index in [2.05, 4.69) is 5.32 Å². The lowest BCUT2D eigenvalue weighted by molar-refractivity contribution is 0.0635. The molecule has 4 nitrogen and oxygen atoms in total. The number of carbonyl (C=O) groups is 1. The number of hydrogen-bond acceptors (Lipinski definition) is 3. The van der Waals surface area contributed by atoms with E-state index in [-0.39, 0.29) is 11.9 Å². The van der Waals surface area contributed by atoms with E-state index in [0.29, 0.717) is 24.3 Å². The normalized spacial score (nSPS) is 18.0. The summed E-state index contributed by atoms with van der Waals surface area (Å²) >= 11 is 0. The van der Waals surface area contributed by atoms with Crippen molar-refractivity contribution in [2.45, 2.75) is 38.9 Å². The molecule has 1 aromatic rings. The van der Waals surface area contributed by atoms with Gasteiger partial charge in [-0.3, -0.25) is 5.32 Å². The summed E-state index contributed by atoms with van der Waals surface area (Å²) in [5, 5.41) is 2.64. The largest absolute Gasteiger partial charge is 0.444 e. The summed E-state index contributed by atoms with van der Waals surface area (Å²) in [6.07, 6.45) is 0.168. The molecule has 2 rings (SSSR count). The molecule has 1 heterocycles. The van der Waals surface area contributed by atoms with E-state index in [1.165, 1.54) is 18.2 Å². The molecule has 0 saturated carbocycles. The van der Waals surface area contributed by atoms with E-state index in [1.807, 2.05) is 0 Å². The average molecular weight is 267 g/mol. The number of carbonyl (C=O) groups excluding carboxylic acids is 1. The molecule has 19 heavy (non-hydrogen) atoms. The van der Waals surface area contributed by atoms with Gasteiger partial charge in [0.05, 0.1) is 12.7 Å². The minimum absolute atomic E-state index is 0.126. The van der Waals surface area contributed by atoms with Crippen molar-refractivity contribution < 1.29 is 18.7 Å². The second-order valence-electron chi connectivity index (χ2n) is 5.59. The molecular formula is C14H18FNO3. The minimum atomic E-state index is -0.566. The summed E-state index contributed by atoms with van der Waals surface area (Å²) in [5.74, 6) is -0.328. The van der Waals surface area contributed by atoms with E-state index in [4.69, 9.17) is 9.47 Å². The second kappa shape index (κ2) is 5.17. The summed E-state index contributed by atoms with van der Waals surface area (Å²) in [6.45, 7) is 6.05. The standard InChI is InChI=1S/C14H18FNO3/c1-14(2,3)19-13(17)16-12-5-4-10(15)6-9(12)7-11-8-18-11/h4-6,11H,7-8H2,1-3H3,(H,16,17). The lowest BCUT2D eigenvalue weighted by Gasteiger charge is -2.20. The van der Waals surface area contributed by atoms with Gasteiger partial charge in [0.25, 0.3) is 0 Å². The molecule has 1 aliphatic rings. The highest BCUT2D eigenvalue weighted by atomic mass is 19.1. The van der Waals surface area contributed by atoms with Crippen LogP contribution in [0.1, 0.15) is 26.3 Å². The molecule has 1 aliphatic heterocycles. The minimum Gasteiger partial charge on any atom is -0.444 e. The third-order valence-corrected chi connectivity index (χ3v) is 2.55. The van der Waals surface area contributed by atoms with Gasteiger partial charge in [0, 0.05) is 12.1 Å². The maximum absolute atomic E-state index is 13.2. The smallest absolute Gasteiger partial charge is 0.412 e. The fourth-order valence-corrected chi connectivity index (χ4v) is 1.70. The summed E-state index contributed by atoms with van der Waals surface area (Å²) in [4.78, 5) is 11.7. The quantitative estimate of drug-likeness (QED) is 0.856. The predicted octanol–water partition coefficient (Wildman–Crippen LogP) is 3.11. The highest BCUT2D eigenvalue weighted by molar-refractivity contribution is 5.86. The van der Waals surface area contributed by atoms with Gasteiger partial charge in [-0.2, -0.15) is 0 Å². The molecule has 0 spiro atoms. The van der Waals surface area contributed by atoms with Crippen LogP contribution in [0.4, 0.5) is 14.9 Å². The van der Waals surface area contributed by atoms with Crippen LogP contribution >= 0.6 is 0 Å². The number of rotatable bonds is 3. The molecule has 1 fully saturated rings. The molecule has 0 radical (unpaired) electrons. The number of benzene rings is 1. The molecule has 1 atom stereocenters. The maximum Gasteiger partial charge on any atom is 0.412 e. The van der Waals surface area contributed by atoms with Crippen molar-refractivity contribution in [1.29, 1.82) is 0 Å². The lowest BCUT2D eigenvalue weighted by atomic mass is 10.1. The zero-order valence-electron chi connectivity index (χ0n) is 11.3. The first-order valence-electron chi connectivity index (χ1n) is 6.23. The van der Waals surface area contributed by atoms with Gasteiger partial charge in [-0.25, -0.2) is 9.18 Å². The topological polar surface area (TPSA) is 50.9 Å². The SMILES string of the molecule is CC(C)(C)OC(=O)Nc1ccc(F)cc1CC1CO1. The van der Waals surface area contributed by atoms with Gasteiger partial charge in [0.15, 0.2) is 0 Å². The van der Waals surface area contributed by atoms with Crippen LogP contribution in [0.15, 0.2) is 18.2 Å². The van der Waals surface area contributed by atoms with Crippen LogP contribution in [0, 0.1) is 5.82 Å². The molecular weight excluding hydrogens is 249 g/mol. The Bertz CT molecular complexity index is 478. The summed E-state index contributed by atoms with van der Waals surface area (Å²) in [7, 11) is 0. The van der Waals surface area contributed by atoms with Crippen LogP contribution in [0.25, 0.3) is 0 Å². The Balaban J connectivity index is 2.07. The molecule has 0 aliphatic carbocycles. The van der Waals surface area contributed by atoms with Gasteiger partial charge < -0.3 is 9.47 Å². The van der Waals surface area contributed by atoms with Crippen LogP contribution in [0.5, 0.6) is 0 Å². The summed E-state index contributed by atoms with van der Waals surface area (Å²) in [5.41, 5.74) is 0.712. The number of anilines is 1. The highest BCUT2D eigenvalue weighted by Crippen LogP contribution is 2.24. The Hall–Kier alpha value is -1.62. The van der Waals surface area contributed by atoms with Gasteiger partial charge in [-0.1, -0.05) is 0 Å². The van der Waals surface area contributed by atoms with E-state index in [9.17, 15) is 9.18 Å². The molecule has 104 valence electrons. The van der Waals surface area contributed by atoms with Gasteiger partial charge in [0.1, 0.15) is 11.4 Å². The van der Waals surface area contributed by atoms with E-state index >= 15 is 0 Å². The average Bonchev–Trinajstić information content (AvgIpc) is 3.03. The Morgan fingerprint density at radius 2 is 2.21 bits per heavy atom. The molecule has 5 heteroatoms. The summed E-state index contributed by atoms with van der Waals surface area (Å²) < 4.78 is 23.5. The van der Waals surface area contributed by atoms with Crippen molar-refractivity contribution in [3.05, 3.63) is 29.6 Å². The monoisotopic (exact) mass is 267 g/mol. The number of ether oxygens (including phenoxy) is 2. The number of halogens is 1. The van der Waals surface area contributed by atoms with Crippen LogP contribution in [0.3, 0.4) is 0 Å². The third-order valence-electron chi connectivity index (χ3n) is 2.55. The molecule has 1 saturated heterocycles. The number of epoxide rings is 1. The fourth-order valence-electron chi connectivity index (χ4n) is 1.70. The molecule has 1 N–H and O–H groups in total. The van der Waals surface area contributed by atoms with Gasteiger partial charge >= 0.3 is 6.09 Å². The van der Waals surface area contributed by atoms with E-state index < -0.39 is 11.7 Å². The first-order chi connectivity index (χ1) is 8.83. The highest BCUT2D eigenvalue weighted by Gasteiger charge is 2.25. The van der Waals surface area contributed by atoms with E-state index in [1.54, 1.807) is 20.8 Å². The van der Waals surface area contributed by atoms with Crippen molar-refractivity contribution in [3.8, 4) is 0 Å². The zero-order chi connectivity index (χ0) is 14.0. The first-order valence-corrected chi connectivity index (χ1v) is 6.23. The van der Waals surface area contributed by atoms with Gasteiger partial charge in [0.2, 0.25) is 0 Å². The Morgan fingerprint density at radius 3 is 2.79 bits per heavy atom. The molecule has 0 aromatic heterocycles. The maximum atomic E-state index is 13.2. The van der Waals surface area contributed by atoms with Gasteiger partial charge in [-0.15, -0.1) is 0 Å². The number of amides is 1. The summed E-state index contributed by atoms with van der Waals surface area (Å²) in [6, 6.07) is 4.26. The number of hydrogen-bond donors (Lipinski definition) is 1. The number of nitrogens with one attached hydrogen (secondary N) is 1. The van der Waals surface area contributed by atoms with Crippen molar-refractivity contribution in [3.63, 3.8) is 0 Å². The Kier molecular flexibility index (Phi) is 3.75. The second-order valence-corrected chi connectivity index (χ2v) is 5.59. The zero-order valence-corrected chi connectivity index (χ0v) is 11.3. The van der Waals surface area contributed by atoms with Crippen molar-refractivity contribution in [2.75, 3.05) is 11.9 Å². The van der Waals surface area contributed by atoms with Crippen LogP contribution in [0.2, 0.25) is 0 Å². The predicted molar refractivity (Wildman–Crippen MR) is 69.7 cm³/mol. The Morgan fingerprint density at radius 1 is 1.53 bits per heavy atom. The van der Waals surface area contributed by atoms with Crippen molar-refractivity contribution >= 4 is 11.8 Å². The first kappa shape index (κ1) is 13.8. The van der Waals surface area contributed by atoms with Crippen molar-refractivity contribution in [1.82, 2.24) is 0 Å². The third kappa shape index (κ3) is 4.52. The molecule has 1 amide bonds. The molecule has 1 unspecified atom stereocenters. The van der Waals surface area contributed by atoms with Crippen molar-refractivity contribution in [2.24, 2.45) is 0 Å². The Labute approximate surface area is 111 Å².